The zero-order valence-electron chi connectivity index (χ0n) is 9.81. The van der Waals surface area contributed by atoms with Crippen LogP contribution in [0.1, 0.15) is 19.8 Å². The molecule has 0 heterocycles. The van der Waals surface area contributed by atoms with Crippen LogP contribution >= 0.6 is 0 Å². The summed E-state index contributed by atoms with van der Waals surface area (Å²) in [6, 6.07) is 6.61. The molecule has 0 saturated carbocycles. The van der Waals surface area contributed by atoms with E-state index in [4.69, 9.17) is 16.0 Å². The van der Waals surface area contributed by atoms with Gasteiger partial charge in [-0.3, -0.25) is 0 Å². The van der Waals surface area contributed by atoms with Crippen molar-refractivity contribution in [2.45, 2.75) is 19.8 Å². The van der Waals surface area contributed by atoms with Crippen LogP contribution < -0.4 is 4.74 Å². The molecule has 0 amide bonds. The number of rotatable bonds is 6. The van der Waals surface area contributed by atoms with E-state index in [1.165, 1.54) is 0 Å². The number of hydrogen-bond acceptors (Lipinski definition) is 3. The van der Waals surface area contributed by atoms with Crippen LogP contribution in [0.4, 0.5) is 5.69 Å². The van der Waals surface area contributed by atoms with Gasteiger partial charge in [0, 0.05) is 0 Å². The molecule has 0 radical (unpaired) electrons. The number of carbonyl (C=O) groups is 1. The lowest BCUT2D eigenvalue weighted by Gasteiger charge is -2.06. The second-order valence-corrected chi connectivity index (χ2v) is 3.47. The largest absolute Gasteiger partial charge is 0.482 e. The maximum atomic E-state index is 11.2. The highest BCUT2D eigenvalue weighted by molar-refractivity contribution is 5.71. The van der Waals surface area contributed by atoms with Gasteiger partial charge in [0.15, 0.2) is 12.3 Å². The second-order valence-electron chi connectivity index (χ2n) is 3.47. The van der Waals surface area contributed by atoms with Crippen LogP contribution in [0, 0.1) is 6.57 Å². The Hall–Kier alpha value is -2.02. The third kappa shape index (κ3) is 5.03. The zero-order valence-corrected chi connectivity index (χ0v) is 9.81. The van der Waals surface area contributed by atoms with Crippen LogP contribution in [0.3, 0.4) is 0 Å². The van der Waals surface area contributed by atoms with E-state index in [1.807, 2.05) is 6.92 Å². The number of esters is 1. The van der Waals surface area contributed by atoms with Gasteiger partial charge in [-0.1, -0.05) is 25.5 Å². The Morgan fingerprint density at radius 3 is 2.65 bits per heavy atom. The first kappa shape index (κ1) is 13.0. The van der Waals surface area contributed by atoms with Gasteiger partial charge in [-0.25, -0.2) is 9.64 Å². The molecule has 90 valence electrons. The Labute approximate surface area is 101 Å². The lowest BCUT2D eigenvalue weighted by molar-refractivity contribution is -0.146. The fourth-order valence-electron chi connectivity index (χ4n) is 1.13. The van der Waals surface area contributed by atoms with E-state index in [-0.39, 0.29) is 12.6 Å². The molecule has 0 bridgehead atoms. The van der Waals surface area contributed by atoms with E-state index in [2.05, 4.69) is 4.85 Å². The SMILES string of the molecule is [C-]#[N+]c1ccc(OCC(=O)OCCCC)cc1. The van der Waals surface area contributed by atoms with Gasteiger partial charge in [-0.2, -0.15) is 0 Å². The van der Waals surface area contributed by atoms with Crippen LogP contribution in [0.2, 0.25) is 0 Å². The van der Waals surface area contributed by atoms with Crippen LogP contribution in [-0.4, -0.2) is 19.2 Å². The normalized spacial score (nSPS) is 9.41. The highest BCUT2D eigenvalue weighted by Gasteiger charge is 2.03. The Morgan fingerprint density at radius 2 is 2.06 bits per heavy atom. The molecule has 1 rings (SSSR count). The molecular weight excluding hydrogens is 218 g/mol. The minimum atomic E-state index is -0.368. The summed E-state index contributed by atoms with van der Waals surface area (Å²) in [5, 5.41) is 0. The Bertz CT molecular complexity index is 392. The fourth-order valence-corrected chi connectivity index (χ4v) is 1.13. The molecule has 0 aliphatic carbocycles. The van der Waals surface area contributed by atoms with Crippen molar-refractivity contribution in [1.29, 1.82) is 0 Å². The number of ether oxygens (including phenoxy) is 2. The molecule has 1 aromatic rings. The van der Waals surface area contributed by atoms with E-state index >= 15 is 0 Å². The van der Waals surface area contributed by atoms with Crippen molar-refractivity contribution in [2.75, 3.05) is 13.2 Å². The van der Waals surface area contributed by atoms with Crippen molar-refractivity contribution in [3.05, 3.63) is 35.7 Å². The molecule has 4 nitrogen and oxygen atoms in total. The summed E-state index contributed by atoms with van der Waals surface area (Å²) in [5.41, 5.74) is 0.544. The van der Waals surface area contributed by atoms with E-state index in [0.29, 0.717) is 18.0 Å². The molecular formula is C13H15NO3. The minimum Gasteiger partial charge on any atom is -0.482 e. The number of carbonyl (C=O) groups excluding carboxylic acids is 1. The maximum absolute atomic E-state index is 11.2. The van der Waals surface area contributed by atoms with Gasteiger partial charge in [0.25, 0.3) is 0 Å². The maximum Gasteiger partial charge on any atom is 0.344 e. The lowest BCUT2D eigenvalue weighted by atomic mass is 10.3. The summed E-state index contributed by atoms with van der Waals surface area (Å²) in [7, 11) is 0. The molecule has 17 heavy (non-hydrogen) atoms. The van der Waals surface area contributed by atoms with E-state index in [9.17, 15) is 4.79 Å². The van der Waals surface area contributed by atoms with Crippen molar-refractivity contribution in [3.8, 4) is 5.75 Å². The predicted octanol–water partition coefficient (Wildman–Crippen LogP) is 2.96. The van der Waals surface area contributed by atoms with E-state index < -0.39 is 0 Å². The summed E-state index contributed by atoms with van der Waals surface area (Å²) >= 11 is 0. The van der Waals surface area contributed by atoms with E-state index in [1.54, 1.807) is 24.3 Å². The first-order valence-corrected chi connectivity index (χ1v) is 5.52. The first-order valence-electron chi connectivity index (χ1n) is 5.52. The Kier molecular flexibility index (Phi) is 5.59. The molecule has 0 spiro atoms. The van der Waals surface area contributed by atoms with Gasteiger partial charge in [0.1, 0.15) is 5.75 Å². The molecule has 0 aromatic heterocycles. The number of nitrogens with zero attached hydrogens (tertiary/aromatic N) is 1. The smallest absolute Gasteiger partial charge is 0.344 e. The van der Waals surface area contributed by atoms with Gasteiger partial charge in [-0.15, -0.1) is 0 Å². The average Bonchev–Trinajstić information content (AvgIpc) is 2.37. The Balaban J connectivity index is 2.30. The lowest BCUT2D eigenvalue weighted by Crippen LogP contribution is -2.15. The summed E-state index contributed by atoms with van der Waals surface area (Å²) in [4.78, 5) is 14.5. The first-order chi connectivity index (χ1) is 8.26. The highest BCUT2D eigenvalue weighted by Crippen LogP contribution is 2.17. The fraction of sp³-hybridized carbons (Fsp3) is 0.385. The van der Waals surface area contributed by atoms with E-state index in [0.717, 1.165) is 12.8 Å². The number of benzene rings is 1. The monoisotopic (exact) mass is 233 g/mol. The molecule has 4 heteroatoms. The minimum absolute atomic E-state index is 0.0962. The molecule has 0 unspecified atom stereocenters. The topological polar surface area (TPSA) is 39.9 Å². The van der Waals surface area contributed by atoms with Gasteiger partial charge in [-0.05, 0) is 18.6 Å². The summed E-state index contributed by atoms with van der Waals surface area (Å²) in [5.74, 6) is 0.192. The average molecular weight is 233 g/mol. The number of unbranched alkanes of at least 4 members (excludes halogenated alkanes) is 1. The van der Waals surface area contributed by atoms with Crippen LogP contribution in [0.15, 0.2) is 24.3 Å². The third-order valence-corrected chi connectivity index (χ3v) is 2.08. The van der Waals surface area contributed by atoms with Crippen molar-refractivity contribution < 1.29 is 14.3 Å². The third-order valence-electron chi connectivity index (χ3n) is 2.08. The van der Waals surface area contributed by atoms with Gasteiger partial charge in [0.2, 0.25) is 0 Å². The molecule has 0 aliphatic heterocycles. The molecule has 0 N–H and O–H groups in total. The van der Waals surface area contributed by atoms with Crippen LogP contribution in [0.25, 0.3) is 4.85 Å². The number of hydrogen-bond donors (Lipinski definition) is 0. The molecule has 0 aliphatic rings. The highest BCUT2D eigenvalue weighted by atomic mass is 16.6. The van der Waals surface area contributed by atoms with Crippen molar-refractivity contribution in [3.63, 3.8) is 0 Å². The Morgan fingerprint density at radius 1 is 1.35 bits per heavy atom. The van der Waals surface area contributed by atoms with Crippen molar-refractivity contribution in [2.24, 2.45) is 0 Å². The predicted molar refractivity (Wildman–Crippen MR) is 64.1 cm³/mol. The standard InChI is InChI=1S/C13H15NO3/c1-3-4-9-16-13(15)10-17-12-7-5-11(14-2)6-8-12/h5-8H,3-4,9-10H2,1H3. The van der Waals surface area contributed by atoms with Crippen molar-refractivity contribution >= 4 is 11.7 Å². The van der Waals surface area contributed by atoms with Crippen molar-refractivity contribution in [1.82, 2.24) is 0 Å². The zero-order chi connectivity index (χ0) is 12.5. The summed E-state index contributed by atoms with van der Waals surface area (Å²) in [6.45, 7) is 9.16. The van der Waals surface area contributed by atoms with Gasteiger partial charge < -0.3 is 9.47 Å². The van der Waals surface area contributed by atoms with Gasteiger partial charge >= 0.3 is 5.97 Å². The molecule has 0 atom stereocenters. The molecule has 0 saturated heterocycles. The second kappa shape index (κ2) is 7.29. The van der Waals surface area contributed by atoms with Crippen LogP contribution in [-0.2, 0) is 9.53 Å². The summed E-state index contributed by atoms with van der Waals surface area (Å²) in [6.07, 6.45) is 1.86. The quantitative estimate of drug-likeness (QED) is 0.431. The molecule has 0 fully saturated rings. The van der Waals surface area contributed by atoms with Gasteiger partial charge in [0.05, 0.1) is 13.2 Å². The molecule has 1 aromatic carbocycles. The summed E-state index contributed by atoms with van der Waals surface area (Å²) < 4.78 is 10.2. The van der Waals surface area contributed by atoms with Crippen LogP contribution in [0.5, 0.6) is 5.75 Å².